The van der Waals surface area contributed by atoms with E-state index in [1.807, 2.05) is 0 Å². The van der Waals surface area contributed by atoms with Crippen LogP contribution in [0.25, 0.3) is 0 Å². The molecule has 1 amide bonds. The van der Waals surface area contributed by atoms with Crippen molar-refractivity contribution in [1.82, 2.24) is 5.32 Å². The van der Waals surface area contributed by atoms with E-state index < -0.39 is 0 Å². The topological polar surface area (TPSA) is 55.1 Å². The highest BCUT2D eigenvalue weighted by molar-refractivity contribution is 5.46. The summed E-state index contributed by atoms with van der Waals surface area (Å²) in [5.41, 5.74) is 6.27. The summed E-state index contributed by atoms with van der Waals surface area (Å²) >= 11 is 0. The number of amides is 1. The van der Waals surface area contributed by atoms with Crippen LogP contribution in [0.3, 0.4) is 0 Å². The molecular formula is C11H22N2O. The maximum Gasteiger partial charge on any atom is 0.207 e. The fraction of sp³-hybridized carbons (Fsp3) is 0.909. The first kappa shape index (κ1) is 11.5. The zero-order valence-corrected chi connectivity index (χ0v) is 9.47. The van der Waals surface area contributed by atoms with Crippen LogP contribution in [-0.4, -0.2) is 19.0 Å². The molecule has 1 fully saturated rings. The van der Waals surface area contributed by atoms with Gasteiger partial charge in [0, 0.05) is 6.04 Å². The van der Waals surface area contributed by atoms with Gasteiger partial charge in [-0.2, -0.15) is 0 Å². The van der Waals surface area contributed by atoms with E-state index in [9.17, 15) is 4.79 Å². The van der Waals surface area contributed by atoms with Crippen LogP contribution < -0.4 is 11.1 Å². The van der Waals surface area contributed by atoms with Gasteiger partial charge in [-0.3, -0.25) is 4.79 Å². The highest BCUT2D eigenvalue weighted by Gasteiger charge is 2.40. The Bertz CT molecular complexity index is 215. The molecule has 0 spiro atoms. The second-order valence-electron chi connectivity index (χ2n) is 5.75. The SMILES string of the molecule is CC1(C)CC(NC=O)CC(C)(CN)C1. The molecular weight excluding hydrogens is 176 g/mol. The second kappa shape index (κ2) is 3.89. The number of carbonyl (C=O) groups is 1. The quantitative estimate of drug-likeness (QED) is 0.671. The molecule has 0 aromatic rings. The first-order valence-corrected chi connectivity index (χ1v) is 5.31. The molecule has 2 atom stereocenters. The maximum absolute atomic E-state index is 10.4. The van der Waals surface area contributed by atoms with Gasteiger partial charge < -0.3 is 11.1 Å². The van der Waals surface area contributed by atoms with Gasteiger partial charge >= 0.3 is 0 Å². The summed E-state index contributed by atoms with van der Waals surface area (Å²) in [4.78, 5) is 10.4. The van der Waals surface area contributed by atoms with Crippen LogP contribution in [0.2, 0.25) is 0 Å². The molecule has 1 rings (SSSR count). The molecule has 3 N–H and O–H groups in total. The van der Waals surface area contributed by atoms with Gasteiger partial charge in [0.15, 0.2) is 0 Å². The van der Waals surface area contributed by atoms with Crippen molar-refractivity contribution in [3.8, 4) is 0 Å². The first-order chi connectivity index (χ1) is 6.41. The molecule has 0 bridgehead atoms. The number of carbonyl (C=O) groups excluding carboxylic acids is 1. The van der Waals surface area contributed by atoms with E-state index in [4.69, 9.17) is 5.73 Å². The smallest absolute Gasteiger partial charge is 0.207 e. The average Bonchev–Trinajstić information content (AvgIpc) is 2.01. The van der Waals surface area contributed by atoms with Gasteiger partial charge in [0.2, 0.25) is 6.41 Å². The molecule has 3 nitrogen and oxygen atoms in total. The highest BCUT2D eigenvalue weighted by Crippen LogP contribution is 2.45. The van der Waals surface area contributed by atoms with Crippen molar-refractivity contribution in [1.29, 1.82) is 0 Å². The fourth-order valence-electron chi connectivity index (χ4n) is 3.00. The van der Waals surface area contributed by atoms with Crippen molar-refractivity contribution in [3.63, 3.8) is 0 Å². The highest BCUT2D eigenvalue weighted by atomic mass is 16.1. The molecule has 3 heteroatoms. The summed E-state index contributed by atoms with van der Waals surface area (Å²) in [6, 6.07) is 0.296. The Kier molecular flexibility index (Phi) is 3.20. The molecule has 1 aliphatic carbocycles. The molecule has 1 aliphatic rings. The van der Waals surface area contributed by atoms with Crippen LogP contribution in [0.1, 0.15) is 40.0 Å². The molecule has 0 aliphatic heterocycles. The third-order valence-corrected chi connectivity index (χ3v) is 3.24. The lowest BCUT2D eigenvalue weighted by molar-refractivity contribution is -0.111. The number of rotatable bonds is 3. The zero-order valence-electron chi connectivity index (χ0n) is 9.47. The molecule has 0 saturated heterocycles. The molecule has 0 aromatic carbocycles. The molecule has 0 radical (unpaired) electrons. The number of hydrogen-bond acceptors (Lipinski definition) is 2. The minimum absolute atomic E-state index is 0.183. The Morgan fingerprint density at radius 3 is 2.57 bits per heavy atom. The van der Waals surface area contributed by atoms with Gasteiger partial charge in [0.05, 0.1) is 0 Å². The van der Waals surface area contributed by atoms with Crippen LogP contribution in [0.15, 0.2) is 0 Å². The van der Waals surface area contributed by atoms with Crippen molar-refractivity contribution in [3.05, 3.63) is 0 Å². The van der Waals surface area contributed by atoms with Crippen LogP contribution in [0.4, 0.5) is 0 Å². The van der Waals surface area contributed by atoms with Gasteiger partial charge in [-0.1, -0.05) is 20.8 Å². The van der Waals surface area contributed by atoms with Gasteiger partial charge in [0.1, 0.15) is 0 Å². The van der Waals surface area contributed by atoms with E-state index in [0.717, 1.165) is 25.7 Å². The lowest BCUT2D eigenvalue weighted by atomic mass is 9.63. The lowest BCUT2D eigenvalue weighted by Gasteiger charge is -2.46. The van der Waals surface area contributed by atoms with Crippen LogP contribution >= 0.6 is 0 Å². The Labute approximate surface area is 86.4 Å². The van der Waals surface area contributed by atoms with Gasteiger partial charge in [-0.05, 0) is 36.6 Å². The van der Waals surface area contributed by atoms with E-state index in [1.54, 1.807) is 0 Å². The largest absolute Gasteiger partial charge is 0.356 e. The van der Waals surface area contributed by atoms with E-state index in [2.05, 4.69) is 26.1 Å². The number of nitrogens with two attached hydrogens (primary N) is 1. The molecule has 0 aromatic heterocycles. The third-order valence-electron chi connectivity index (χ3n) is 3.24. The van der Waals surface area contributed by atoms with Crippen molar-refractivity contribution in [2.75, 3.05) is 6.54 Å². The van der Waals surface area contributed by atoms with E-state index in [-0.39, 0.29) is 10.8 Å². The molecule has 82 valence electrons. The van der Waals surface area contributed by atoms with Crippen LogP contribution in [-0.2, 0) is 4.79 Å². The number of hydrogen-bond donors (Lipinski definition) is 2. The minimum Gasteiger partial charge on any atom is -0.356 e. The predicted molar refractivity (Wildman–Crippen MR) is 57.8 cm³/mol. The third kappa shape index (κ3) is 2.71. The standard InChI is InChI=1S/C11H22N2O/c1-10(2)4-9(13-8-14)5-11(3,6-10)7-12/h8-9H,4-7,12H2,1-3H3,(H,13,14). The maximum atomic E-state index is 10.4. The van der Waals surface area contributed by atoms with Crippen molar-refractivity contribution in [2.45, 2.75) is 46.1 Å². The summed E-state index contributed by atoms with van der Waals surface area (Å²) in [5.74, 6) is 0. The van der Waals surface area contributed by atoms with Crippen LogP contribution in [0, 0.1) is 10.8 Å². The predicted octanol–water partition coefficient (Wildman–Crippen LogP) is 1.28. The monoisotopic (exact) mass is 198 g/mol. The van der Waals surface area contributed by atoms with Gasteiger partial charge in [0.25, 0.3) is 0 Å². The summed E-state index contributed by atoms with van der Waals surface area (Å²) in [6.45, 7) is 7.42. The summed E-state index contributed by atoms with van der Waals surface area (Å²) in [6.07, 6.45) is 4.02. The normalized spacial score (nSPS) is 36.4. The van der Waals surface area contributed by atoms with E-state index >= 15 is 0 Å². The molecule has 14 heavy (non-hydrogen) atoms. The summed E-state index contributed by atoms with van der Waals surface area (Å²) in [5, 5.41) is 2.89. The zero-order chi connectivity index (χ0) is 10.8. The molecule has 0 heterocycles. The summed E-state index contributed by atoms with van der Waals surface area (Å²) < 4.78 is 0. The summed E-state index contributed by atoms with van der Waals surface area (Å²) in [7, 11) is 0. The Morgan fingerprint density at radius 1 is 1.43 bits per heavy atom. The first-order valence-electron chi connectivity index (χ1n) is 5.31. The Hall–Kier alpha value is -0.570. The second-order valence-corrected chi connectivity index (χ2v) is 5.75. The Balaban J connectivity index is 2.71. The van der Waals surface area contributed by atoms with Crippen LogP contribution in [0.5, 0.6) is 0 Å². The lowest BCUT2D eigenvalue weighted by Crippen LogP contribution is -2.47. The number of nitrogens with one attached hydrogen (secondary N) is 1. The van der Waals surface area contributed by atoms with Gasteiger partial charge in [-0.15, -0.1) is 0 Å². The van der Waals surface area contributed by atoms with E-state index in [0.29, 0.717) is 12.6 Å². The average molecular weight is 198 g/mol. The van der Waals surface area contributed by atoms with E-state index in [1.165, 1.54) is 0 Å². The fourth-order valence-corrected chi connectivity index (χ4v) is 3.00. The van der Waals surface area contributed by atoms with Crippen molar-refractivity contribution >= 4 is 6.41 Å². The minimum atomic E-state index is 0.183. The Morgan fingerprint density at radius 2 is 2.07 bits per heavy atom. The van der Waals surface area contributed by atoms with Crippen molar-refractivity contribution in [2.24, 2.45) is 16.6 Å². The van der Waals surface area contributed by atoms with Gasteiger partial charge in [-0.25, -0.2) is 0 Å². The molecule has 2 unspecified atom stereocenters. The molecule has 1 saturated carbocycles. The van der Waals surface area contributed by atoms with Crippen molar-refractivity contribution < 1.29 is 4.79 Å².